The second-order valence-corrected chi connectivity index (χ2v) is 5.46. The molecule has 1 aromatic rings. The zero-order valence-electron chi connectivity index (χ0n) is 12.0. The predicted molar refractivity (Wildman–Crippen MR) is 77.5 cm³/mol. The number of benzene rings is 1. The van der Waals surface area contributed by atoms with Crippen LogP contribution in [-0.2, 0) is 11.3 Å². The van der Waals surface area contributed by atoms with Crippen LogP contribution in [0, 0.1) is 0 Å². The lowest BCUT2D eigenvalue weighted by Gasteiger charge is -2.12. The fourth-order valence-electron chi connectivity index (χ4n) is 2.25. The minimum absolute atomic E-state index is 0.408. The van der Waals surface area contributed by atoms with Crippen molar-refractivity contribution in [3.63, 3.8) is 0 Å². The third kappa shape index (κ3) is 5.21. The van der Waals surface area contributed by atoms with E-state index >= 15 is 0 Å². The van der Waals surface area contributed by atoms with E-state index in [4.69, 9.17) is 9.47 Å². The maximum absolute atomic E-state index is 5.81. The van der Waals surface area contributed by atoms with E-state index in [0.717, 1.165) is 31.9 Å². The van der Waals surface area contributed by atoms with Crippen molar-refractivity contribution in [1.82, 2.24) is 5.32 Å². The molecule has 1 N–H and O–H groups in total. The Balaban J connectivity index is 1.74. The second kappa shape index (κ2) is 7.51. The standard InChI is InChI=1S/C16H25NO2/c1-13(2)17-12-14-5-3-6-16(11-14)19-10-8-15-7-4-9-18-15/h3,5-6,11,13,15,17H,4,7-10,12H2,1-2H3. The molecule has 1 aliphatic heterocycles. The third-order valence-corrected chi connectivity index (χ3v) is 3.35. The van der Waals surface area contributed by atoms with E-state index in [-0.39, 0.29) is 0 Å². The second-order valence-electron chi connectivity index (χ2n) is 5.46. The molecule has 0 aliphatic carbocycles. The molecule has 3 nitrogen and oxygen atoms in total. The van der Waals surface area contributed by atoms with Crippen LogP contribution in [0.1, 0.15) is 38.7 Å². The summed E-state index contributed by atoms with van der Waals surface area (Å²) in [5.41, 5.74) is 1.27. The van der Waals surface area contributed by atoms with E-state index < -0.39 is 0 Å². The lowest BCUT2D eigenvalue weighted by atomic mass is 10.2. The minimum atomic E-state index is 0.408. The molecule has 1 aliphatic rings. The summed E-state index contributed by atoms with van der Waals surface area (Å²) in [7, 11) is 0. The van der Waals surface area contributed by atoms with Gasteiger partial charge >= 0.3 is 0 Å². The summed E-state index contributed by atoms with van der Waals surface area (Å²) in [6.07, 6.45) is 3.78. The van der Waals surface area contributed by atoms with Crippen LogP contribution >= 0.6 is 0 Å². The van der Waals surface area contributed by atoms with Gasteiger partial charge in [0, 0.05) is 25.6 Å². The van der Waals surface area contributed by atoms with Crippen molar-refractivity contribution in [2.45, 2.75) is 51.8 Å². The average molecular weight is 263 g/mol. The summed E-state index contributed by atoms with van der Waals surface area (Å²) in [6.45, 7) is 6.86. The fraction of sp³-hybridized carbons (Fsp3) is 0.625. The van der Waals surface area contributed by atoms with Gasteiger partial charge < -0.3 is 14.8 Å². The maximum atomic E-state index is 5.81. The van der Waals surface area contributed by atoms with E-state index in [1.807, 2.05) is 6.07 Å². The van der Waals surface area contributed by atoms with Gasteiger partial charge in [-0.3, -0.25) is 0 Å². The highest BCUT2D eigenvalue weighted by Gasteiger charge is 2.14. The molecule has 1 unspecified atom stereocenters. The Morgan fingerprint density at radius 1 is 1.42 bits per heavy atom. The van der Waals surface area contributed by atoms with Crippen LogP contribution in [0.15, 0.2) is 24.3 Å². The van der Waals surface area contributed by atoms with Gasteiger partial charge in [0.1, 0.15) is 5.75 Å². The van der Waals surface area contributed by atoms with Gasteiger partial charge in [-0.05, 0) is 30.5 Å². The molecule has 0 spiro atoms. The molecule has 19 heavy (non-hydrogen) atoms. The lowest BCUT2D eigenvalue weighted by molar-refractivity contribution is 0.0903. The van der Waals surface area contributed by atoms with Gasteiger partial charge in [-0.1, -0.05) is 26.0 Å². The Bertz CT molecular complexity index is 373. The Morgan fingerprint density at radius 2 is 2.32 bits per heavy atom. The van der Waals surface area contributed by atoms with Crippen LogP contribution in [0.4, 0.5) is 0 Å². The predicted octanol–water partition coefficient (Wildman–Crippen LogP) is 3.13. The van der Waals surface area contributed by atoms with Crippen molar-refractivity contribution < 1.29 is 9.47 Å². The highest BCUT2D eigenvalue weighted by Crippen LogP contribution is 2.17. The SMILES string of the molecule is CC(C)NCc1cccc(OCCC2CCCO2)c1. The van der Waals surface area contributed by atoms with E-state index in [2.05, 4.69) is 37.4 Å². The highest BCUT2D eigenvalue weighted by molar-refractivity contribution is 5.28. The van der Waals surface area contributed by atoms with Gasteiger partial charge in [0.25, 0.3) is 0 Å². The molecule has 0 bridgehead atoms. The van der Waals surface area contributed by atoms with Crippen LogP contribution < -0.4 is 10.1 Å². The van der Waals surface area contributed by atoms with Gasteiger partial charge in [0.05, 0.1) is 12.7 Å². The number of rotatable bonds is 7. The van der Waals surface area contributed by atoms with Crippen LogP contribution in [-0.4, -0.2) is 25.4 Å². The minimum Gasteiger partial charge on any atom is -0.493 e. The average Bonchev–Trinajstić information content (AvgIpc) is 2.90. The van der Waals surface area contributed by atoms with Crippen LogP contribution in [0.25, 0.3) is 0 Å². The number of ether oxygens (including phenoxy) is 2. The van der Waals surface area contributed by atoms with Crippen molar-refractivity contribution in [3.05, 3.63) is 29.8 Å². The Labute approximate surface area is 116 Å². The molecule has 3 heteroatoms. The zero-order valence-corrected chi connectivity index (χ0v) is 12.0. The molecule has 1 saturated heterocycles. The number of nitrogens with one attached hydrogen (secondary N) is 1. The number of hydrogen-bond donors (Lipinski definition) is 1. The first kappa shape index (κ1) is 14.4. The molecule has 1 atom stereocenters. The Hall–Kier alpha value is -1.06. The smallest absolute Gasteiger partial charge is 0.119 e. The Kier molecular flexibility index (Phi) is 5.67. The normalized spacial score (nSPS) is 19.0. The first-order valence-electron chi connectivity index (χ1n) is 7.31. The maximum Gasteiger partial charge on any atom is 0.119 e. The number of hydrogen-bond acceptors (Lipinski definition) is 3. The third-order valence-electron chi connectivity index (χ3n) is 3.35. The van der Waals surface area contributed by atoms with E-state index in [0.29, 0.717) is 12.1 Å². The van der Waals surface area contributed by atoms with Crippen molar-refractivity contribution in [1.29, 1.82) is 0 Å². The molecule has 0 saturated carbocycles. The molecule has 0 amide bonds. The largest absolute Gasteiger partial charge is 0.493 e. The highest BCUT2D eigenvalue weighted by atomic mass is 16.5. The fourth-order valence-corrected chi connectivity index (χ4v) is 2.25. The van der Waals surface area contributed by atoms with E-state index in [9.17, 15) is 0 Å². The van der Waals surface area contributed by atoms with Crippen molar-refractivity contribution in [2.75, 3.05) is 13.2 Å². The molecule has 0 aromatic heterocycles. The van der Waals surface area contributed by atoms with Gasteiger partial charge in [-0.2, -0.15) is 0 Å². The first-order valence-corrected chi connectivity index (χ1v) is 7.31. The molecule has 1 aromatic carbocycles. The van der Waals surface area contributed by atoms with E-state index in [1.165, 1.54) is 18.4 Å². The molecule has 1 fully saturated rings. The molecular weight excluding hydrogens is 238 g/mol. The first-order chi connectivity index (χ1) is 9.24. The summed E-state index contributed by atoms with van der Waals surface area (Å²) in [6, 6.07) is 8.82. The van der Waals surface area contributed by atoms with Crippen molar-refractivity contribution >= 4 is 0 Å². The Morgan fingerprint density at radius 3 is 3.05 bits per heavy atom. The summed E-state index contributed by atoms with van der Waals surface area (Å²) in [4.78, 5) is 0. The zero-order chi connectivity index (χ0) is 13.5. The monoisotopic (exact) mass is 263 g/mol. The quantitative estimate of drug-likeness (QED) is 0.820. The van der Waals surface area contributed by atoms with Crippen molar-refractivity contribution in [3.8, 4) is 5.75 Å². The molecule has 1 heterocycles. The molecular formula is C16H25NO2. The van der Waals surface area contributed by atoms with Gasteiger partial charge in [0.15, 0.2) is 0 Å². The lowest BCUT2D eigenvalue weighted by Crippen LogP contribution is -2.21. The van der Waals surface area contributed by atoms with Crippen LogP contribution in [0.2, 0.25) is 0 Å². The van der Waals surface area contributed by atoms with Crippen LogP contribution in [0.3, 0.4) is 0 Å². The van der Waals surface area contributed by atoms with Crippen molar-refractivity contribution in [2.24, 2.45) is 0 Å². The molecule has 2 rings (SSSR count). The summed E-state index contributed by atoms with van der Waals surface area (Å²) in [5, 5.41) is 3.41. The van der Waals surface area contributed by atoms with E-state index in [1.54, 1.807) is 0 Å². The summed E-state index contributed by atoms with van der Waals surface area (Å²) < 4.78 is 11.4. The summed E-state index contributed by atoms with van der Waals surface area (Å²) in [5.74, 6) is 0.959. The summed E-state index contributed by atoms with van der Waals surface area (Å²) >= 11 is 0. The van der Waals surface area contributed by atoms with Gasteiger partial charge in [0.2, 0.25) is 0 Å². The topological polar surface area (TPSA) is 30.5 Å². The van der Waals surface area contributed by atoms with Gasteiger partial charge in [-0.15, -0.1) is 0 Å². The molecule has 0 radical (unpaired) electrons. The van der Waals surface area contributed by atoms with Crippen LogP contribution in [0.5, 0.6) is 5.75 Å². The van der Waals surface area contributed by atoms with Gasteiger partial charge in [-0.25, -0.2) is 0 Å². The molecule has 106 valence electrons.